The van der Waals surface area contributed by atoms with Gasteiger partial charge >= 0.3 is 0 Å². The first kappa shape index (κ1) is 17.8. The van der Waals surface area contributed by atoms with Gasteiger partial charge in [-0.15, -0.1) is 0 Å². The Morgan fingerprint density at radius 2 is 1.88 bits per heavy atom. The van der Waals surface area contributed by atoms with Crippen molar-refractivity contribution in [2.45, 2.75) is 39.8 Å². The number of nitrogens with zero attached hydrogens (tertiary/aromatic N) is 1. The lowest BCUT2D eigenvalue weighted by Crippen LogP contribution is -2.26. The van der Waals surface area contributed by atoms with Gasteiger partial charge in [0.25, 0.3) is 5.91 Å². The smallest absolute Gasteiger partial charge is 0.252 e. The molecule has 0 spiro atoms. The third-order valence-corrected chi connectivity index (χ3v) is 3.39. The van der Waals surface area contributed by atoms with Crippen molar-refractivity contribution in [3.05, 3.63) is 53.7 Å². The molecule has 0 saturated heterocycles. The number of ether oxygens (including phenoxy) is 2. The lowest BCUT2D eigenvalue weighted by Gasteiger charge is -2.16. The van der Waals surface area contributed by atoms with Gasteiger partial charge in [0, 0.05) is 17.8 Å². The van der Waals surface area contributed by atoms with Gasteiger partial charge in [-0.25, -0.2) is 4.98 Å². The maximum absolute atomic E-state index is 12.4. The van der Waals surface area contributed by atoms with Crippen molar-refractivity contribution in [2.75, 3.05) is 6.61 Å². The largest absolute Gasteiger partial charge is 0.491 e. The molecule has 1 unspecified atom stereocenters. The summed E-state index contributed by atoms with van der Waals surface area (Å²) in [6, 6.07) is 10.9. The van der Waals surface area contributed by atoms with E-state index < -0.39 is 0 Å². The maximum Gasteiger partial charge on any atom is 0.252 e. The minimum atomic E-state index is -0.159. The van der Waals surface area contributed by atoms with E-state index in [9.17, 15) is 4.79 Å². The number of hydrogen-bond acceptors (Lipinski definition) is 4. The summed E-state index contributed by atoms with van der Waals surface area (Å²) < 4.78 is 11.0. The average molecular weight is 328 g/mol. The number of rotatable bonds is 7. The lowest BCUT2D eigenvalue weighted by molar-refractivity contribution is 0.0939. The van der Waals surface area contributed by atoms with E-state index >= 15 is 0 Å². The van der Waals surface area contributed by atoms with Crippen molar-refractivity contribution in [1.29, 1.82) is 0 Å². The standard InChI is InChI=1S/C19H24N2O3/c1-5-23-18-12-16(10-11-20-18)19(22)21-14(4)15-6-8-17(9-7-15)24-13(2)3/h6-14H,5H2,1-4H3,(H,21,22). The molecular formula is C19H24N2O3. The Labute approximate surface area is 143 Å². The van der Waals surface area contributed by atoms with Gasteiger partial charge in [-0.05, 0) is 51.5 Å². The van der Waals surface area contributed by atoms with Crippen LogP contribution in [0.4, 0.5) is 0 Å². The number of hydrogen-bond donors (Lipinski definition) is 1. The van der Waals surface area contributed by atoms with Crippen LogP contribution in [0.1, 0.15) is 49.7 Å². The summed E-state index contributed by atoms with van der Waals surface area (Å²) in [5.41, 5.74) is 1.54. The first-order valence-corrected chi connectivity index (χ1v) is 8.16. The van der Waals surface area contributed by atoms with Crippen molar-refractivity contribution in [3.8, 4) is 11.6 Å². The van der Waals surface area contributed by atoms with Gasteiger partial charge in [-0.1, -0.05) is 12.1 Å². The topological polar surface area (TPSA) is 60.5 Å². The van der Waals surface area contributed by atoms with E-state index in [0.29, 0.717) is 18.1 Å². The van der Waals surface area contributed by atoms with E-state index in [-0.39, 0.29) is 18.1 Å². The Hall–Kier alpha value is -2.56. The van der Waals surface area contributed by atoms with Crippen LogP contribution in [0.2, 0.25) is 0 Å². The summed E-state index contributed by atoms with van der Waals surface area (Å²) >= 11 is 0. The monoisotopic (exact) mass is 328 g/mol. The molecule has 0 aliphatic heterocycles. The molecular weight excluding hydrogens is 304 g/mol. The van der Waals surface area contributed by atoms with Crippen LogP contribution in [0.15, 0.2) is 42.6 Å². The third kappa shape index (κ3) is 4.98. The van der Waals surface area contributed by atoms with Crippen molar-refractivity contribution in [2.24, 2.45) is 0 Å². The number of nitrogens with one attached hydrogen (secondary N) is 1. The minimum absolute atomic E-state index is 0.116. The molecule has 0 fully saturated rings. The van der Waals surface area contributed by atoms with E-state index in [4.69, 9.17) is 9.47 Å². The number of carbonyl (C=O) groups excluding carboxylic acids is 1. The first-order chi connectivity index (χ1) is 11.5. The number of pyridine rings is 1. The van der Waals surface area contributed by atoms with Crippen LogP contribution in [-0.2, 0) is 0 Å². The molecule has 1 amide bonds. The zero-order valence-corrected chi connectivity index (χ0v) is 14.6. The van der Waals surface area contributed by atoms with E-state index in [1.54, 1.807) is 18.3 Å². The van der Waals surface area contributed by atoms with Crippen LogP contribution < -0.4 is 14.8 Å². The fourth-order valence-corrected chi connectivity index (χ4v) is 2.25. The molecule has 2 aromatic rings. The summed E-state index contributed by atoms with van der Waals surface area (Å²) in [6.07, 6.45) is 1.71. The molecule has 24 heavy (non-hydrogen) atoms. The SMILES string of the molecule is CCOc1cc(C(=O)NC(C)c2ccc(OC(C)C)cc2)ccn1. The molecule has 0 radical (unpaired) electrons. The van der Waals surface area contributed by atoms with E-state index in [2.05, 4.69) is 10.3 Å². The molecule has 128 valence electrons. The predicted molar refractivity (Wildman–Crippen MR) is 93.5 cm³/mol. The molecule has 2 rings (SSSR count). The molecule has 1 atom stereocenters. The molecule has 5 nitrogen and oxygen atoms in total. The van der Waals surface area contributed by atoms with Crippen LogP contribution in [0, 0.1) is 0 Å². The average Bonchev–Trinajstić information content (AvgIpc) is 2.55. The second-order valence-corrected chi connectivity index (χ2v) is 5.75. The quantitative estimate of drug-likeness (QED) is 0.841. The zero-order chi connectivity index (χ0) is 17.5. The van der Waals surface area contributed by atoms with Crippen molar-refractivity contribution in [1.82, 2.24) is 10.3 Å². The Kier molecular flexibility index (Phi) is 6.18. The fraction of sp³-hybridized carbons (Fsp3) is 0.368. The van der Waals surface area contributed by atoms with Crippen LogP contribution in [0.3, 0.4) is 0 Å². The van der Waals surface area contributed by atoms with Crippen molar-refractivity contribution >= 4 is 5.91 Å². The number of aromatic nitrogens is 1. The van der Waals surface area contributed by atoms with Crippen molar-refractivity contribution < 1.29 is 14.3 Å². The van der Waals surface area contributed by atoms with E-state index in [0.717, 1.165) is 11.3 Å². The molecule has 0 bridgehead atoms. The highest BCUT2D eigenvalue weighted by Gasteiger charge is 2.13. The first-order valence-electron chi connectivity index (χ1n) is 8.16. The Bertz CT molecular complexity index is 669. The van der Waals surface area contributed by atoms with Gasteiger partial charge in [0.05, 0.1) is 18.8 Å². The highest BCUT2D eigenvalue weighted by Crippen LogP contribution is 2.19. The molecule has 0 saturated carbocycles. The highest BCUT2D eigenvalue weighted by atomic mass is 16.5. The Morgan fingerprint density at radius 1 is 1.17 bits per heavy atom. The third-order valence-electron chi connectivity index (χ3n) is 3.39. The minimum Gasteiger partial charge on any atom is -0.491 e. The van der Waals surface area contributed by atoms with Crippen LogP contribution in [0.25, 0.3) is 0 Å². The number of benzene rings is 1. The van der Waals surface area contributed by atoms with Crippen LogP contribution in [0.5, 0.6) is 11.6 Å². The second-order valence-electron chi connectivity index (χ2n) is 5.75. The number of amides is 1. The Morgan fingerprint density at radius 3 is 2.50 bits per heavy atom. The van der Waals surface area contributed by atoms with Gasteiger partial charge in [0.1, 0.15) is 5.75 Å². The van der Waals surface area contributed by atoms with Crippen LogP contribution >= 0.6 is 0 Å². The summed E-state index contributed by atoms with van der Waals surface area (Å²) in [6.45, 7) is 8.31. The van der Waals surface area contributed by atoms with Crippen molar-refractivity contribution in [3.63, 3.8) is 0 Å². The van der Waals surface area contributed by atoms with Crippen LogP contribution in [-0.4, -0.2) is 23.6 Å². The fourth-order valence-electron chi connectivity index (χ4n) is 2.25. The van der Waals surface area contributed by atoms with Gasteiger partial charge < -0.3 is 14.8 Å². The summed E-state index contributed by atoms with van der Waals surface area (Å²) in [5, 5.41) is 2.98. The molecule has 1 aromatic carbocycles. The molecule has 1 aromatic heterocycles. The van der Waals surface area contributed by atoms with Gasteiger partial charge in [0.15, 0.2) is 0 Å². The van der Waals surface area contributed by atoms with Gasteiger partial charge in [0.2, 0.25) is 5.88 Å². The van der Waals surface area contributed by atoms with E-state index in [1.165, 1.54) is 0 Å². The summed E-state index contributed by atoms with van der Waals surface area (Å²) in [5.74, 6) is 1.11. The number of carbonyl (C=O) groups is 1. The molecule has 0 aliphatic rings. The second kappa shape index (κ2) is 8.34. The zero-order valence-electron chi connectivity index (χ0n) is 14.6. The summed E-state index contributed by atoms with van der Waals surface area (Å²) in [7, 11) is 0. The predicted octanol–water partition coefficient (Wildman–Crippen LogP) is 3.76. The normalized spacial score (nSPS) is 11.9. The van der Waals surface area contributed by atoms with Gasteiger partial charge in [-0.2, -0.15) is 0 Å². The molecule has 1 N–H and O–H groups in total. The summed E-state index contributed by atoms with van der Waals surface area (Å²) in [4.78, 5) is 16.4. The highest BCUT2D eigenvalue weighted by molar-refractivity contribution is 5.94. The maximum atomic E-state index is 12.4. The molecule has 0 aliphatic carbocycles. The molecule has 5 heteroatoms. The molecule has 1 heterocycles. The Balaban J connectivity index is 2.01. The van der Waals surface area contributed by atoms with E-state index in [1.807, 2.05) is 52.0 Å². The van der Waals surface area contributed by atoms with Gasteiger partial charge in [-0.3, -0.25) is 4.79 Å². The lowest BCUT2D eigenvalue weighted by atomic mass is 10.1.